The van der Waals surface area contributed by atoms with Crippen LogP contribution >= 0.6 is 11.3 Å². The van der Waals surface area contributed by atoms with Crippen LogP contribution in [0.5, 0.6) is 0 Å². The van der Waals surface area contributed by atoms with E-state index in [0.29, 0.717) is 19.8 Å². The van der Waals surface area contributed by atoms with Gasteiger partial charge in [0.2, 0.25) is 11.8 Å². The fraction of sp³-hybridized carbons (Fsp3) is 0.571. The summed E-state index contributed by atoms with van der Waals surface area (Å²) in [5.74, 6) is -0.547. The number of hydrogen-bond acceptors (Lipinski definition) is 6. The molecule has 4 N–H and O–H groups in total. The van der Waals surface area contributed by atoms with Crippen molar-refractivity contribution in [2.45, 2.75) is 6.04 Å². The summed E-state index contributed by atoms with van der Waals surface area (Å²) in [6, 6.07) is 4.22. The van der Waals surface area contributed by atoms with Gasteiger partial charge < -0.3 is 21.1 Å². The quantitative estimate of drug-likeness (QED) is 0.616. The Hall–Kier alpha value is -1.48. The minimum absolute atomic E-state index is 0.0453. The molecule has 1 atom stereocenters. The number of carbonyl (C=O) groups is 2. The van der Waals surface area contributed by atoms with Crippen LogP contribution < -0.4 is 16.4 Å². The van der Waals surface area contributed by atoms with Gasteiger partial charge in [0.05, 0.1) is 32.3 Å². The third-order valence-electron chi connectivity index (χ3n) is 3.48. The van der Waals surface area contributed by atoms with Crippen molar-refractivity contribution in [3.05, 3.63) is 22.4 Å². The molecule has 7 nitrogen and oxygen atoms in total. The standard InChI is InChI=1S/C14H22N4O3S/c15-8-13(19)17-10-14(20)16-9-11(12-2-1-7-22-12)18-3-5-21-6-4-18/h1-2,7,11H,3-6,8-10,15H2,(H,16,20)(H,17,19). The van der Waals surface area contributed by atoms with Gasteiger partial charge in [0.15, 0.2) is 0 Å². The van der Waals surface area contributed by atoms with Gasteiger partial charge in [-0.1, -0.05) is 6.07 Å². The molecule has 22 heavy (non-hydrogen) atoms. The number of morpholine rings is 1. The third kappa shape index (κ3) is 5.06. The molecule has 1 aliphatic rings. The van der Waals surface area contributed by atoms with Crippen LogP contribution in [-0.2, 0) is 14.3 Å². The zero-order chi connectivity index (χ0) is 15.8. The van der Waals surface area contributed by atoms with Gasteiger partial charge in [-0.2, -0.15) is 0 Å². The molecule has 1 aliphatic heterocycles. The van der Waals surface area contributed by atoms with Crippen molar-refractivity contribution in [3.8, 4) is 0 Å². The van der Waals surface area contributed by atoms with E-state index in [1.807, 2.05) is 11.4 Å². The topological polar surface area (TPSA) is 96.7 Å². The maximum atomic E-state index is 11.8. The Balaban J connectivity index is 1.87. The lowest BCUT2D eigenvalue weighted by Gasteiger charge is -2.34. The molecule has 0 spiro atoms. The van der Waals surface area contributed by atoms with E-state index >= 15 is 0 Å². The van der Waals surface area contributed by atoms with Crippen LogP contribution in [0.25, 0.3) is 0 Å². The van der Waals surface area contributed by atoms with Crippen LogP contribution in [0.2, 0.25) is 0 Å². The van der Waals surface area contributed by atoms with Gasteiger partial charge in [-0.25, -0.2) is 0 Å². The number of nitrogens with zero attached hydrogens (tertiary/aromatic N) is 1. The van der Waals surface area contributed by atoms with E-state index in [2.05, 4.69) is 21.6 Å². The number of carbonyl (C=O) groups excluding carboxylic acids is 2. The van der Waals surface area contributed by atoms with Crippen molar-refractivity contribution in [1.82, 2.24) is 15.5 Å². The number of thiophene rings is 1. The van der Waals surface area contributed by atoms with Gasteiger partial charge in [-0.3, -0.25) is 14.5 Å². The van der Waals surface area contributed by atoms with Crippen molar-refractivity contribution < 1.29 is 14.3 Å². The van der Waals surface area contributed by atoms with Crippen LogP contribution in [-0.4, -0.2) is 62.7 Å². The molecule has 0 bridgehead atoms. The number of nitrogens with one attached hydrogen (secondary N) is 2. The summed E-state index contributed by atoms with van der Waals surface area (Å²) < 4.78 is 5.39. The Morgan fingerprint density at radius 2 is 2.09 bits per heavy atom. The van der Waals surface area contributed by atoms with Gasteiger partial charge in [0.1, 0.15) is 0 Å². The minimum Gasteiger partial charge on any atom is -0.379 e. The van der Waals surface area contributed by atoms with Gasteiger partial charge in [-0.05, 0) is 11.4 Å². The zero-order valence-electron chi connectivity index (χ0n) is 12.4. The SMILES string of the molecule is NCC(=O)NCC(=O)NCC(c1cccs1)N1CCOCC1. The lowest BCUT2D eigenvalue weighted by Crippen LogP contribution is -2.45. The molecular weight excluding hydrogens is 304 g/mol. The van der Waals surface area contributed by atoms with Gasteiger partial charge in [0.25, 0.3) is 0 Å². The Bertz CT molecular complexity index is 474. The number of hydrogen-bond donors (Lipinski definition) is 3. The Labute approximate surface area is 133 Å². The maximum Gasteiger partial charge on any atom is 0.239 e. The highest BCUT2D eigenvalue weighted by molar-refractivity contribution is 7.10. The molecule has 1 fully saturated rings. The second-order valence-corrected chi connectivity index (χ2v) is 5.94. The normalized spacial score (nSPS) is 17.0. The first kappa shape index (κ1) is 16.9. The average molecular weight is 326 g/mol. The Morgan fingerprint density at radius 1 is 1.32 bits per heavy atom. The number of amides is 2. The van der Waals surface area contributed by atoms with Crippen molar-refractivity contribution in [1.29, 1.82) is 0 Å². The Morgan fingerprint density at radius 3 is 2.73 bits per heavy atom. The van der Waals surface area contributed by atoms with Gasteiger partial charge in [-0.15, -0.1) is 11.3 Å². The van der Waals surface area contributed by atoms with Crippen molar-refractivity contribution in [3.63, 3.8) is 0 Å². The fourth-order valence-corrected chi connectivity index (χ4v) is 3.16. The second kappa shape index (κ2) is 8.84. The van der Waals surface area contributed by atoms with Crippen molar-refractivity contribution >= 4 is 23.2 Å². The molecule has 2 rings (SSSR count). The lowest BCUT2D eigenvalue weighted by atomic mass is 10.2. The second-order valence-electron chi connectivity index (χ2n) is 4.96. The summed E-state index contributed by atoms with van der Waals surface area (Å²) in [4.78, 5) is 26.4. The number of nitrogens with two attached hydrogens (primary N) is 1. The molecule has 1 aromatic heterocycles. The molecule has 1 aromatic rings. The molecule has 2 amide bonds. The molecule has 122 valence electrons. The summed E-state index contributed by atoms with van der Waals surface area (Å²) in [6.45, 7) is 3.47. The van der Waals surface area contributed by atoms with E-state index < -0.39 is 0 Å². The van der Waals surface area contributed by atoms with E-state index in [1.165, 1.54) is 4.88 Å². The van der Waals surface area contributed by atoms with E-state index in [1.54, 1.807) is 11.3 Å². The first-order valence-corrected chi connectivity index (χ1v) is 8.17. The maximum absolute atomic E-state index is 11.8. The largest absolute Gasteiger partial charge is 0.379 e. The Kier molecular flexibility index (Phi) is 6.78. The van der Waals surface area contributed by atoms with E-state index in [0.717, 1.165) is 13.1 Å². The third-order valence-corrected chi connectivity index (χ3v) is 4.46. The summed E-state index contributed by atoms with van der Waals surface area (Å²) in [7, 11) is 0. The molecule has 0 radical (unpaired) electrons. The number of ether oxygens (including phenoxy) is 1. The van der Waals surface area contributed by atoms with Gasteiger partial charge >= 0.3 is 0 Å². The summed E-state index contributed by atoms with van der Waals surface area (Å²) in [6.07, 6.45) is 0. The first-order chi connectivity index (χ1) is 10.7. The molecule has 0 aliphatic carbocycles. The molecule has 0 saturated carbocycles. The first-order valence-electron chi connectivity index (χ1n) is 7.29. The fourth-order valence-electron chi connectivity index (χ4n) is 2.30. The van der Waals surface area contributed by atoms with Gasteiger partial charge in [0, 0.05) is 24.5 Å². The number of rotatable bonds is 7. The highest BCUT2D eigenvalue weighted by Crippen LogP contribution is 2.25. The molecule has 8 heteroatoms. The highest BCUT2D eigenvalue weighted by atomic mass is 32.1. The van der Waals surface area contributed by atoms with E-state index in [4.69, 9.17) is 10.5 Å². The van der Waals surface area contributed by atoms with Crippen LogP contribution in [0.15, 0.2) is 17.5 Å². The van der Waals surface area contributed by atoms with Crippen molar-refractivity contribution in [2.24, 2.45) is 5.73 Å². The predicted molar refractivity (Wildman–Crippen MR) is 84.5 cm³/mol. The summed E-state index contributed by atoms with van der Waals surface area (Å²) >= 11 is 1.68. The summed E-state index contributed by atoms with van der Waals surface area (Å²) in [5.41, 5.74) is 5.18. The minimum atomic E-state index is -0.335. The molecule has 1 saturated heterocycles. The zero-order valence-corrected chi connectivity index (χ0v) is 13.2. The lowest BCUT2D eigenvalue weighted by molar-refractivity contribution is -0.125. The van der Waals surface area contributed by atoms with E-state index in [9.17, 15) is 9.59 Å². The van der Waals surface area contributed by atoms with Crippen molar-refractivity contribution in [2.75, 3.05) is 45.9 Å². The molecule has 2 heterocycles. The van der Waals surface area contributed by atoms with Crippen LogP contribution in [0.1, 0.15) is 10.9 Å². The monoisotopic (exact) mass is 326 g/mol. The highest BCUT2D eigenvalue weighted by Gasteiger charge is 2.23. The van der Waals surface area contributed by atoms with Crippen LogP contribution in [0.3, 0.4) is 0 Å². The smallest absolute Gasteiger partial charge is 0.239 e. The van der Waals surface area contributed by atoms with Crippen LogP contribution in [0, 0.1) is 0 Å². The molecule has 1 unspecified atom stereocenters. The average Bonchev–Trinajstić information content (AvgIpc) is 3.08. The van der Waals surface area contributed by atoms with E-state index in [-0.39, 0.29) is 30.9 Å². The molecular formula is C14H22N4O3S. The van der Waals surface area contributed by atoms with Crippen LogP contribution in [0.4, 0.5) is 0 Å². The molecule has 0 aromatic carbocycles. The summed E-state index contributed by atoms with van der Waals surface area (Å²) in [5, 5.41) is 7.37. The predicted octanol–water partition coefficient (Wildman–Crippen LogP) is -0.687.